The first kappa shape index (κ1) is 11.9. The van der Waals surface area contributed by atoms with Gasteiger partial charge in [-0.15, -0.1) is 0 Å². The van der Waals surface area contributed by atoms with Crippen molar-refractivity contribution in [2.45, 2.75) is 25.3 Å². The van der Waals surface area contributed by atoms with Crippen LogP contribution >= 0.6 is 0 Å². The van der Waals surface area contributed by atoms with Crippen molar-refractivity contribution >= 4 is 5.71 Å². The van der Waals surface area contributed by atoms with Crippen LogP contribution in [0.3, 0.4) is 0 Å². The molecular weight excluding hydrogens is 244 g/mol. The van der Waals surface area contributed by atoms with Gasteiger partial charge in [-0.05, 0) is 35.6 Å². The predicted octanol–water partition coefficient (Wildman–Crippen LogP) is 3.19. The summed E-state index contributed by atoms with van der Waals surface area (Å²) in [5.41, 5.74) is 6.81. The third-order valence-electron chi connectivity index (χ3n) is 4.30. The molecule has 0 aromatic heterocycles. The number of rotatable bonds is 2. The summed E-state index contributed by atoms with van der Waals surface area (Å²) in [6.45, 7) is 1.04. The summed E-state index contributed by atoms with van der Waals surface area (Å²) in [7, 11) is 0. The van der Waals surface area contributed by atoms with E-state index in [4.69, 9.17) is 4.99 Å². The Morgan fingerprint density at radius 3 is 3.00 bits per heavy atom. The summed E-state index contributed by atoms with van der Waals surface area (Å²) < 4.78 is 0. The molecule has 2 nitrogen and oxygen atoms in total. The molecule has 2 aliphatic heterocycles. The van der Waals surface area contributed by atoms with Crippen molar-refractivity contribution in [1.29, 1.82) is 0 Å². The van der Waals surface area contributed by atoms with Crippen LogP contribution in [-0.4, -0.2) is 18.3 Å². The number of piperidine rings is 1. The smallest absolute Gasteiger partial charge is 0.0672 e. The van der Waals surface area contributed by atoms with Crippen LogP contribution in [-0.2, 0) is 6.42 Å². The Morgan fingerprint density at radius 1 is 1.20 bits per heavy atom. The zero-order valence-electron chi connectivity index (χ0n) is 11.5. The van der Waals surface area contributed by atoms with Crippen molar-refractivity contribution in [3.63, 3.8) is 0 Å². The molecule has 2 heterocycles. The van der Waals surface area contributed by atoms with Gasteiger partial charge in [-0.3, -0.25) is 4.99 Å². The fourth-order valence-corrected chi connectivity index (χ4v) is 3.38. The number of fused-ring (bicyclic) bond motifs is 2. The van der Waals surface area contributed by atoms with Crippen molar-refractivity contribution < 1.29 is 0 Å². The van der Waals surface area contributed by atoms with Crippen molar-refractivity contribution in [1.82, 2.24) is 5.32 Å². The van der Waals surface area contributed by atoms with Crippen LogP contribution in [0.15, 0.2) is 70.4 Å². The second kappa shape index (κ2) is 4.88. The van der Waals surface area contributed by atoms with Gasteiger partial charge in [0.1, 0.15) is 0 Å². The Bertz CT molecular complexity index is 647. The van der Waals surface area contributed by atoms with Gasteiger partial charge in [0.15, 0.2) is 0 Å². The highest BCUT2D eigenvalue weighted by Crippen LogP contribution is 2.35. The van der Waals surface area contributed by atoms with Gasteiger partial charge in [0.2, 0.25) is 0 Å². The lowest BCUT2D eigenvalue weighted by atomic mass is 9.86. The van der Waals surface area contributed by atoms with Gasteiger partial charge < -0.3 is 5.32 Å². The van der Waals surface area contributed by atoms with E-state index in [1.54, 1.807) is 0 Å². The van der Waals surface area contributed by atoms with Gasteiger partial charge in [0.05, 0.1) is 5.70 Å². The maximum absolute atomic E-state index is 4.84. The lowest BCUT2D eigenvalue weighted by Gasteiger charge is -2.27. The molecule has 1 atom stereocenters. The van der Waals surface area contributed by atoms with Gasteiger partial charge in [-0.25, -0.2) is 0 Å². The van der Waals surface area contributed by atoms with E-state index in [0.717, 1.165) is 25.8 Å². The van der Waals surface area contributed by atoms with Crippen molar-refractivity contribution in [2.75, 3.05) is 6.54 Å². The summed E-state index contributed by atoms with van der Waals surface area (Å²) in [4.78, 5) is 4.84. The number of aliphatic imine (C=N–C) groups is 1. The second-order valence-corrected chi connectivity index (χ2v) is 5.58. The third kappa shape index (κ3) is 1.97. The SMILES string of the molecule is C1=CCC2=C3C(=NC2=C1)CCNC3Cc1ccccc1. The number of hydrogen-bond acceptors (Lipinski definition) is 2. The van der Waals surface area contributed by atoms with Crippen LogP contribution in [0.2, 0.25) is 0 Å². The van der Waals surface area contributed by atoms with Gasteiger partial charge >= 0.3 is 0 Å². The number of benzene rings is 1. The lowest BCUT2D eigenvalue weighted by Crippen LogP contribution is -2.41. The Morgan fingerprint density at radius 2 is 2.10 bits per heavy atom. The molecule has 1 aliphatic carbocycles. The Hall–Kier alpha value is -1.93. The monoisotopic (exact) mass is 262 g/mol. The van der Waals surface area contributed by atoms with E-state index in [1.165, 1.54) is 28.1 Å². The first-order valence-electron chi connectivity index (χ1n) is 7.37. The predicted molar refractivity (Wildman–Crippen MR) is 82.9 cm³/mol. The molecule has 20 heavy (non-hydrogen) atoms. The second-order valence-electron chi connectivity index (χ2n) is 5.58. The largest absolute Gasteiger partial charge is 0.309 e. The fourth-order valence-electron chi connectivity index (χ4n) is 3.38. The topological polar surface area (TPSA) is 24.4 Å². The molecule has 4 rings (SSSR count). The van der Waals surface area contributed by atoms with Crippen molar-refractivity contribution in [3.8, 4) is 0 Å². The van der Waals surface area contributed by atoms with Crippen LogP contribution in [0.25, 0.3) is 0 Å². The average Bonchev–Trinajstić information content (AvgIpc) is 2.88. The normalized spacial score (nSPS) is 24.1. The molecule has 1 N–H and O–H groups in total. The van der Waals surface area contributed by atoms with Gasteiger partial charge in [-0.1, -0.05) is 42.5 Å². The summed E-state index contributed by atoms with van der Waals surface area (Å²) >= 11 is 0. The molecule has 1 aromatic carbocycles. The highest BCUT2D eigenvalue weighted by molar-refractivity contribution is 6.07. The highest BCUT2D eigenvalue weighted by atomic mass is 15.0. The molecule has 0 amide bonds. The summed E-state index contributed by atoms with van der Waals surface area (Å²) in [6.07, 6.45) is 9.65. The minimum atomic E-state index is 0.414. The van der Waals surface area contributed by atoms with Crippen molar-refractivity contribution in [3.05, 3.63) is 71.0 Å². The van der Waals surface area contributed by atoms with Crippen LogP contribution in [0, 0.1) is 0 Å². The van der Waals surface area contributed by atoms with Gasteiger partial charge in [0.25, 0.3) is 0 Å². The number of hydrogen-bond donors (Lipinski definition) is 1. The van der Waals surface area contributed by atoms with Gasteiger partial charge in [0, 0.05) is 24.7 Å². The van der Waals surface area contributed by atoms with Crippen LogP contribution < -0.4 is 5.32 Å². The molecule has 2 heteroatoms. The maximum Gasteiger partial charge on any atom is 0.0672 e. The molecule has 1 unspecified atom stereocenters. The molecular formula is C18H18N2. The minimum Gasteiger partial charge on any atom is -0.309 e. The summed E-state index contributed by atoms with van der Waals surface area (Å²) in [5, 5.41) is 3.68. The van der Waals surface area contributed by atoms with Gasteiger partial charge in [-0.2, -0.15) is 0 Å². The molecule has 100 valence electrons. The van der Waals surface area contributed by atoms with E-state index in [0.29, 0.717) is 6.04 Å². The molecule has 0 radical (unpaired) electrons. The summed E-state index contributed by atoms with van der Waals surface area (Å²) in [6, 6.07) is 11.2. The Labute approximate surface area is 119 Å². The number of allylic oxidation sites excluding steroid dienone is 4. The molecule has 1 fully saturated rings. The van der Waals surface area contributed by atoms with E-state index in [2.05, 4.69) is 53.9 Å². The third-order valence-corrected chi connectivity index (χ3v) is 4.30. The minimum absolute atomic E-state index is 0.414. The molecule has 0 saturated carbocycles. The first-order valence-corrected chi connectivity index (χ1v) is 7.37. The van der Waals surface area contributed by atoms with E-state index in [9.17, 15) is 0 Å². The molecule has 3 aliphatic rings. The number of nitrogens with one attached hydrogen (secondary N) is 1. The first-order chi connectivity index (χ1) is 9.92. The lowest BCUT2D eigenvalue weighted by molar-refractivity contribution is 0.565. The van der Waals surface area contributed by atoms with Crippen molar-refractivity contribution in [2.24, 2.45) is 4.99 Å². The fraction of sp³-hybridized carbons (Fsp3) is 0.278. The van der Waals surface area contributed by atoms with E-state index in [1.807, 2.05) is 0 Å². The van der Waals surface area contributed by atoms with E-state index < -0.39 is 0 Å². The van der Waals surface area contributed by atoms with Crippen LogP contribution in [0.4, 0.5) is 0 Å². The number of nitrogens with zero attached hydrogens (tertiary/aromatic N) is 1. The zero-order valence-corrected chi connectivity index (χ0v) is 11.5. The van der Waals surface area contributed by atoms with E-state index >= 15 is 0 Å². The molecule has 1 saturated heterocycles. The van der Waals surface area contributed by atoms with Crippen LogP contribution in [0.5, 0.6) is 0 Å². The standard InChI is InChI=1S/C18H18N2/c1-2-6-13(7-3-1)12-17-18-14-8-4-5-9-15(14)20-16(18)10-11-19-17/h1-7,9,17,19H,8,10-12H2. The van der Waals surface area contributed by atoms with Crippen LogP contribution in [0.1, 0.15) is 18.4 Å². The molecule has 0 spiro atoms. The Balaban J connectivity index is 1.69. The molecule has 1 aromatic rings. The zero-order chi connectivity index (χ0) is 13.4. The summed E-state index contributed by atoms with van der Waals surface area (Å²) in [5.74, 6) is 0. The average molecular weight is 262 g/mol. The Kier molecular flexibility index (Phi) is 2.89. The maximum atomic E-state index is 4.84. The quantitative estimate of drug-likeness (QED) is 0.869. The highest BCUT2D eigenvalue weighted by Gasteiger charge is 2.32. The molecule has 0 bridgehead atoms. The van der Waals surface area contributed by atoms with E-state index in [-0.39, 0.29) is 0 Å².